The Morgan fingerprint density at radius 3 is 2.57 bits per heavy atom. The SMILES string of the molecule is O=[C-]c1cccc(Nc2ncnc3[nH]cc(C(=O)c4ccccc4)c23)c1.[Li+].[OH-]. The van der Waals surface area contributed by atoms with E-state index in [-0.39, 0.29) is 30.1 Å². The molecule has 4 rings (SSSR count). The van der Waals surface area contributed by atoms with Gasteiger partial charge in [0, 0.05) is 11.8 Å². The standard InChI is InChI=1S/C20H13N4O2.Li.H2O/c25-11-13-5-4-8-15(9-13)24-20-17-16(10-21-19(17)22-12-23-20)18(26)14-6-2-1-3-7-14;;/h1-10,12H,(H2,21,22,23,24);;1H2/q-1;+1;/p-1. The molecular formula is C20H14LiN4O3-. The van der Waals surface area contributed by atoms with Gasteiger partial charge in [0.15, 0.2) is 5.78 Å². The Labute approximate surface area is 172 Å². The molecular weight excluding hydrogens is 351 g/mol. The molecule has 4 aromatic rings. The van der Waals surface area contributed by atoms with Gasteiger partial charge in [-0.25, -0.2) is 9.97 Å². The molecule has 2 aromatic carbocycles. The van der Waals surface area contributed by atoms with Crippen molar-refractivity contribution in [2.75, 3.05) is 5.32 Å². The van der Waals surface area contributed by atoms with E-state index < -0.39 is 0 Å². The maximum absolute atomic E-state index is 12.9. The fourth-order valence-electron chi connectivity index (χ4n) is 2.78. The molecule has 28 heavy (non-hydrogen) atoms. The second-order valence-corrected chi connectivity index (χ2v) is 5.65. The zero-order valence-electron chi connectivity index (χ0n) is 15.0. The summed E-state index contributed by atoms with van der Waals surface area (Å²) in [5.41, 5.74) is 2.72. The summed E-state index contributed by atoms with van der Waals surface area (Å²) in [5.74, 6) is 0.364. The number of anilines is 2. The van der Waals surface area contributed by atoms with Gasteiger partial charge in [-0.05, 0) is 5.69 Å². The zero-order chi connectivity index (χ0) is 17.9. The Morgan fingerprint density at radius 1 is 1.04 bits per heavy atom. The molecule has 0 amide bonds. The molecule has 0 saturated carbocycles. The Balaban J connectivity index is 0.00000140. The number of hydrogen-bond donors (Lipinski definition) is 2. The van der Waals surface area contributed by atoms with Crippen LogP contribution in [0.15, 0.2) is 67.1 Å². The van der Waals surface area contributed by atoms with Crippen molar-refractivity contribution in [2.24, 2.45) is 0 Å². The van der Waals surface area contributed by atoms with Gasteiger partial charge in [0.1, 0.15) is 17.8 Å². The van der Waals surface area contributed by atoms with Crippen LogP contribution in [0.25, 0.3) is 11.0 Å². The van der Waals surface area contributed by atoms with Gasteiger partial charge >= 0.3 is 18.9 Å². The fourth-order valence-corrected chi connectivity index (χ4v) is 2.78. The second kappa shape index (κ2) is 9.11. The monoisotopic (exact) mass is 365 g/mol. The number of hydrogen-bond acceptors (Lipinski definition) is 6. The smallest absolute Gasteiger partial charge is 0.870 e. The van der Waals surface area contributed by atoms with E-state index in [1.165, 1.54) is 6.33 Å². The first-order valence-corrected chi connectivity index (χ1v) is 7.93. The van der Waals surface area contributed by atoms with E-state index in [9.17, 15) is 9.59 Å². The van der Waals surface area contributed by atoms with Gasteiger partial charge < -0.3 is 20.6 Å². The molecule has 0 spiro atoms. The third kappa shape index (κ3) is 4.02. The summed E-state index contributed by atoms with van der Waals surface area (Å²) < 4.78 is 0. The van der Waals surface area contributed by atoms with Crippen molar-refractivity contribution < 1.29 is 33.9 Å². The number of rotatable bonds is 5. The van der Waals surface area contributed by atoms with E-state index >= 15 is 0 Å². The molecule has 7 nitrogen and oxygen atoms in total. The largest absolute Gasteiger partial charge is 1.00 e. The van der Waals surface area contributed by atoms with E-state index in [1.54, 1.807) is 42.6 Å². The number of ketones is 1. The predicted octanol–water partition coefficient (Wildman–Crippen LogP) is 0.217. The Kier molecular flexibility index (Phi) is 6.85. The van der Waals surface area contributed by atoms with E-state index in [1.807, 2.05) is 24.5 Å². The van der Waals surface area contributed by atoms with Gasteiger partial charge in [0.2, 0.25) is 0 Å². The Morgan fingerprint density at radius 2 is 1.82 bits per heavy atom. The van der Waals surface area contributed by atoms with Crippen molar-refractivity contribution in [3.8, 4) is 0 Å². The number of nitrogens with one attached hydrogen (secondary N) is 2. The van der Waals surface area contributed by atoms with Crippen molar-refractivity contribution in [1.82, 2.24) is 15.0 Å². The van der Waals surface area contributed by atoms with Gasteiger partial charge in [-0.3, -0.25) is 4.79 Å². The van der Waals surface area contributed by atoms with Crippen LogP contribution in [0.5, 0.6) is 0 Å². The summed E-state index contributed by atoms with van der Waals surface area (Å²) in [4.78, 5) is 35.2. The number of fused-ring (bicyclic) bond motifs is 1. The van der Waals surface area contributed by atoms with Gasteiger partial charge in [0.25, 0.3) is 0 Å². The molecule has 0 radical (unpaired) electrons. The van der Waals surface area contributed by atoms with Crippen LogP contribution in [0.2, 0.25) is 0 Å². The second-order valence-electron chi connectivity index (χ2n) is 5.65. The zero-order valence-corrected chi connectivity index (χ0v) is 15.0. The van der Waals surface area contributed by atoms with Crippen LogP contribution in [0.1, 0.15) is 21.5 Å². The van der Waals surface area contributed by atoms with Crippen molar-refractivity contribution in [2.45, 2.75) is 0 Å². The minimum absolute atomic E-state index is 0. The van der Waals surface area contributed by atoms with Crippen LogP contribution >= 0.6 is 0 Å². The van der Waals surface area contributed by atoms with Crippen LogP contribution in [0.4, 0.5) is 11.5 Å². The van der Waals surface area contributed by atoms with E-state index in [0.717, 1.165) is 0 Å². The average Bonchev–Trinajstić information content (AvgIpc) is 3.13. The third-order valence-electron chi connectivity index (χ3n) is 3.99. The number of benzene rings is 2. The number of H-pyrrole nitrogens is 1. The molecule has 0 fully saturated rings. The van der Waals surface area contributed by atoms with Gasteiger partial charge in [-0.15, -0.1) is 17.7 Å². The van der Waals surface area contributed by atoms with Gasteiger partial charge in [0.05, 0.1) is 17.2 Å². The third-order valence-corrected chi connectivity index (χ3v) is 3.99. The number of carbonyl (C=O) groups excluding carboxylic acids is 2. The molecule has 0 saturated heterocycles. The van der Waals surface area contributed by atoms with Crippen molar-refractivity contribution in [3.05, 3.63) is 83.8 Å². The molecule has 0 atom stereocenters. The predicted molar refractivity (Wildman–Crippen MR) is 100 cm³/mol. The minimum Gasteiger partial charge on any atom is -0.870 e. The first-order valence-electron chi connectivity index (χ1n) is 7.93. The maximum Gasteiger partial charge on any atom is 1.00 e. The average molecular weight is 365 g/mol. The summed E-state index contributed by atoms with van der Waals surface area (Å²) in [5, 5.41) is 3.75. The summed E-state index contributed by atoms with van der Waals surface area (Å²) in [6.07, 6.45) is 4.90. The molecule has 2 heterocycles. The van der Waals surface area contributed by atoms with Crippen LogP contribution in [-0.4, -0.2) is 32.5 Å². The topological polar surface area (TPSA) is 118 Å². The van der Waals surface area contributed by atoms with Crippen molar-refractivity contribution >= 4 is 34.6 Å². The molecule has 8 heteroatoms. The summed E-state index contributed by atoms with van der Waals surface area (Å²) in [6, 6.07) is 15.9. The molecule has 0 aliphatic carbocycles. The van der Waals surface area contributed by atoms with Crippen molar-refractivity contribution in [3.63, 3.8) is 0 Å². The number of aromatic amines is 1. The summed E-state index contributed by atoms with van der Waals surface area (Å²) in [6.45, 7) is 0. The fraction of sp³-hybridized carbons (Fsp3) is 0. The van der Waals surface area contributed by atoms with Crippen LogP contribution in [0, 0.1) is 0 Å². The Bertz CT molecular complexity index is 1110. The van der Waals surface area contributed by atoms with Gasteiger partial charge in [-0.2, -0.15) is 6.07 Å². The first-order chi connectivity index (χ1) is 12.8. The summed E-state index contributed by atoms with van der Waals surface area (Å²) >= 11 is 0. The quantitative estimate of drug-likeness (QED) is 0.297. The van der Waals surface area contributed by atoms with Crippen LogP contribution in [0.3, 0.4) is 0 Å². The molecule has 134 valence electrons. The molecule has 3 N–H and O–H groups in total. The minimum atomic E-state index is -0.121. The normalized spacial score (nSPS) is 9.86. The molecule has 0 aliphatic heterocycles. The van der Waals surface area contributed by atoms with E-state index in [0.29, 0.717) is 39.2 Å². The van der Waals surface area contributed by atoms with Crippen molar-refractivity contribution in [1.29, 1.82) is 0 Å². The van der Waals surface area contributed by atoms with Crippen LogP contribution in [-0.2, 0) is 4.79 Å². The number of aromatic nitrogens is 3. The number of carbonyl (C=O) groups is 1. The van der Waals surface area contributed by atoms with E-state index in [4.69, 9.17) is 0 Å². The summed E-state index contributed by atoms with van der Waals surface area (Å²) in [7, 11) is 0. The molecule has 0 bridgehead atoms. The molecule has 0 unspecified atom stereocenters. The first kappa shape index (κ1) is 21.1. The Hall–Kier alpha value is -3.24. The number of nitrogens with zero attached hydrogens (tertiary/aromatic N) is 2. The van der Waals surface area contributed by atoms with E-state index in [2.05, 4.69) is 20.3 Å². The van der Waals surface area contributed by atoms with Crippen LogP contribution < -0.4 is 24.2 Å². The van der Waals surface area contributed by atoms with Gasteiger partial charge in [-0.1, -0.05) is 36.4 Å². The molecule has 0 aliphatic rings. The maximum atomic E-state index is 12.9. The molecule has 2 aromatic heterocycles.